The highest BCUT2D eigenvalue weighted by atomic mass is 32.2. The zero-order valence-electron chi connectivity index (χ0n) is 11.1. The van der Waals surface area contributed by atoms with Gasteiger partial charge in [0.15, 0.2) is 0 Å². The summed E-state index contributed by atoms with van der Waals surface area (Å²) in [7, 11) is -3.08. The summed E-state index contributed by atoms with van der Waals surface area (Å²) in [6.45, 7) is 4.89. The standard InChI is InChI=1S/C12H20N4O2S/c1-2-15-7-8-16(19(17,18)10-3-4-10)9-11(15)12-13-5-6-14-12/h5-6,10-11H,2-4,7-9H2,1H3,(H,13,14)/t11-/m0/s1. The Morgan fingerprint density at radius 2 is 2.21 bits per heavy atom. The quantitative estimate of drug-likeness (QED) is 0.878. The third kappa shape index (κ3) is 2.42. The first-order valence-corrected chi connectivity index (χ1v) is 8.35. The molecule has 2 heterocycles. The Labute approximate surface area is 113 Å². The average Bonchev–Trinajstić information content (AvgIpc) is 3.15. The first-order chi connectivity index (χ1) is 9.13. The fourth-order valence-corrected chi connectivity index (χ4v) is 4.54. The van der Waals surface area contributed by atoms with Gasteiger partial charge in [0.2, 0.25) is 10.0 Å². The van der Waals surface area contributed by atoms with Gasteiger partial charge in [-0.1, -0.05) is 6.92 Å². The molecular formula is C12H20N4O2S. The highest BCUT2D eigenvalue weighted by Crippen LogP contribution is 2.33. The summed E-state index contributed by atoms with van der Waals surface area (Å²) in [6, 6.07) is 0.0438. The Bertz CT molecular complexity index is 524. The molecule has 0 spiro atoms. The Morgan fingerprint density at radius 1 is 1.42 bits per heavy atom. The molecule has 0 aromatic carbocycles. The molecule has 1 aromatic rings. The second kappa shape index (κ2) is 4.88. The molecule has 0 bridgehead atoms. The van der Waals surface area contributed by atoms with Crippen molar-refractivity contribution in [2.24, 2.45) is 0 Å². The molecule has 6 nitrogen and oxygen atoms in total. The molecule has 2 aliphatic rings. The Kier molecular flexibility index (Phi) is 3.36. The van der Waals surface area contributed by atoms with Crippen LogP contribution in [0.3, 0.4) is 0 Å². The van der Waals surface area contributed by atoms with Crippen LogP contribution in [0.5, 0.6) is 0 Å². The van der Waals surface area contributed by atoms with Gasteiger partial charge in [0.05, 0.1) is 11.3 Å². The van der Waals surface area contributed by atoms with Gasteiger partial charge in [0.25, 0.3) is 0 Å². The SMILES string of the molecule is CCN1CCN(S(=O)(=O)C2CC2)C[C@H]1c1ncc[nH]1. The number of aromatic amines is 1. The molecule has 0 unspecified atom stereocenters. The van der Waals surface area contributed by atoms with Crippen molar-refractivity contribution in [2.45, 2.75) is 31.1 Å². The highest BCUT2D eigenvalue weighted by molar-refractivity contribution is 7.90. The molecule has 1 saturated carbocycles. The molecular weight excluding hydrogens is 264 g/mol. The van der Waals surface area contributed by atoms with Crippen molar-refractivity contribution in [2.75, 3.05) is 26.2 Å². The lowest BCUT2D eigenvalue weighted by molar-refractivity contribution is 0.119. The van der Waals surface area contributed by atoms with Gasteiger partial charge in [-0.25, -0.2) is 13.4 Å². The maximum absolute atomic E-state index is 12.3. The first-order valence-electron chi connectivity index (χ1n) is 6.85. The minimum atomic E-state index is -3.08. The van der Waals surface area contributed by atoms with Gasteiger partial charge in [-0.3, -0.25) is 4.90 Å². The molecule has 1 atom stereocenters. The molecule has 106 valence electrons. The van der Waals surface area contributed by atoms with E-state index in [9.17, 15) is 8.42 Å². The first kappa shape index (κ1) is 13.1. The molecule has 1 saturated heterocycles. The molecule has 1 aliphatic heterocycles. The van der Waals surface area contributed by atoms with E-state index in [4.69, 9.17) is 0 Å². The van der Waals surface area contributed by atoms with Gasteiger partial charge in [-0.05, 0) is 19.4 Å². The molecule has 19 heavy (non-hydrogen) atoms. The minimum absolute atomic E-state index is 0.0438. The zero-order valence-corrected chi connectivity index (χ0v) is 11.9. The normalized spacial score (nSPS) is 26.7. The summed E-state index contributed by atoms with van der Waals surface area (Å²) in [5.74, 6) is 0.859. The van der Waals surface area contributed by atoms with Crippen molar-refractivity contribution in [3.05, 3.63) is 18.2 Å². The van der Waals surface area contributed by atoms with Gasteiger partial charge in [-0.15, -0.1) is 0 Å². The van der Waals surface area contributed by atoms with Gasteiger partial charge >= 0.3 is 0 Å². The van der Waals surface area contributed by atoms with Crippen LogP contribution < -0.4 is 0 Å². The van der Waals surface area contributed by atoms with E-state index in [1.54, 1.807) is 16.7 Å². The number of rotatable bonds is 4. The van der Waals surface area contributed by atoms with Crippen LogP contribution in [0, 0.1) is 0 Å². The Morgan fingerprint density at radius 3 is 2.79 bits per heavy atom. The summed E-state index contributed by atoms with van der Waals surface area (Å²) in [5.41, 5.74) is 0. The van der Waals surface area contributed by atoms with E-state index in [0.717, 1.165) is 31.8 Å². The van der Waals surface area contributed by atoms with Gasteiger partial charge in [0, 0.05) is 32.0 Å². The van der Waals surface area contributed by atoms with E-state index in [1.807, 2.05) is 0 Å². The lowest BCUT2D eigenvalue weighted by atomic mass is 10.2. The van der Waals surface area contributed by atoms with Crippen LogP contribution in [0.4, 0.5) is 0 Å². The number of aromatic nitrogens is 2. The van der Waals surface area contributed by atoms with Crippen LogP contribution in [-0.2, 0) is 10.0 Å². The number of piperazine rings is 1. The van der Waals surface area contributed by atoms with Gasteiger partial charge < -0.3 is 4.98 Å². The van der Waals surface area contributed by atoms with Crippen LogP contribution in [0.1, 0.15) is 31.6 Å². The molecule has 1 N–H and O–H groups in total. The highest BCUT2D eigenvalue weighted by Gasteiger charge is 2.43. The number of hydrogen-bond donors (Lipinski definition) is 1. The number of nitrogens with zero attached hydrogens (tertiary/aromatic N) is 3. The second-order valence-corrected chi connectivity index (χ2v) is 7.43. The number of imidazole rings is 1. The number of sulfonamides is 1. The fraction of sp³-hybridized carbons (Fsp3) is 0.750. The number of likely N-dealkylation sites (N-methyl/N-ethyl adjacent to an activating group) is 1. The molecule has 1 aliphatic carbocycles. The topological polar surface area (TPSA) is 69.3 Å². The van der Waals surface area contributed by atoms with Crippen LogP contribution >= 0.6 is 0 Å². The predicted molar refractivity (Wildman–Crippen MR) is 72.1 cm³/mol. The number of hydrogen-bond acceptors (Lipinski definition) is 4. The molecule has 7 heteroatoms. The summed E-state index contributed by atoms with van der Waals surface area (Å²) < 4.78 is 26.3. The van der Waals surface area contributed by atoms with Crippen LogP contribution in [0.2, 0.25) is 0 Å². The summed E-state index contributed by atoms with van der Waals surface area (Å²) in [6.07, 6.45) is 5.15. The van der Waals surface area contributed by atoms with E-state index in [2.05, 4.69) is 21.8 Å². The van der Waals surface area contributed by atoms with Crippen molar-refractivity contribution in [1.82, 2.24) is 19.2 Å². The van der Waals surface area contributed by atoms with Gasteiger partial charge in [-0.2, -0.15) is 4.31 Å². The van der Waals surface area contributed by atoms with E-state index in [1.165, 1.54) is 0 Å². The van der Waals surface area contributed by atoms with E-state index < -0.39 is 10.0 Å². The van der Waals surface area contributed by atoms with Crippen molar-refractivity contribution in [3.8, 4) is 0 Å². The number of H-pyrrole nitrogens is 1. The maximum Gasteiger partial charge on any atom is 0.217 e. The van der Waals surface area contributed by atoms with E-state index in [0.29, 0.717) is 13.1 Å². The van der Waals surface area contributed by atoms with Gasteiger partial charge in [0.1, 0.15) is 5.82 Å². The van der Waals surface area contributed by atoms with Crippen LogP contribution in [0.25, 0.3) is 0 Å². The summed E-state index contributed by atoms with van der Waals surface area (Å²) in [4.78, 5) is 9.69. The van der Waals surface area contributed by atoms with Crippen LogP contribution in [0.15, 0.2) is 12.4 Å². The largest absolute Gasteiger partial charge is 0.347 e. The maximum atomic E-state index is 12.3. The molecule has 2 fully saturated rings. The molecule has 1 aromatic heterocycles. The predicted octanol–water partition coefficient (Wildman–Crippen LogP) is 0.580. The second-order valence-electron chi connectivity index (χ2n) is 5.22. The Hall–Kier alpha value is -0.920. The lowest BCUT2D eigenvalue weighted by Crippen LogP contribution is -2.51. The minimum Gasteiger partial charge on any atom is -0.347 e. The van der Waals surface area contributed by atoms with Crippen molar-refractivity contribution >= 4 is 10.0 Å². The van der Waals surface area contributed by atoms with Crippen molar-refractivity contribution in [1.29, 1.82) is 0 Å². The smallest absolute Gasteiger partial charge is 0.217 e. The molecule has 0 amide bonds. The van der Waals surface area contributed by atoms with Crippen molar-refractivity contribution < 1.29 is 8.42 Å². The number of nitrogens with one attached hydrogen (secondary N) is 1. The van der Waals surface area contributed by atoms with Crippen LogP contribution in [-0.4, -0.2) is 59.0 Å². The fourth-order valence-electron chi connectivity index (χ4n) is 2.70. The third-order valence-corrected chi connectivity index (χ3v) is 6.37. The van der Waals surface area contributed by atoms with E-state index >= 15 is 0 Å². The third-order valence-electron chi connectivity index (χ3n) is 4.00. The van der Waals surface area contributed by atoms with Crippen molar-refractivity contribution in [3.63, 3.8) is 0 Å². The average molecular weight is 284 g/mol. The Balaban J connectivity index is 1.81. The summed E-state index contributed by atoms with van der Waals surface area (Å²) in [5, 5.41) is -0.127. The monoisotopic (exact) mass is 284 g/mol. The molecule has 3 rings (SSSR count). The lowest BCUT2D eigenvalue weighted by Gasteiger charge is -2.39. The zero-order chi connectivity index (χ0) is 13.5. The van der Waals surface area contributed by atoms with E-state index in [-0.39, 0.29) is 11.3 Å². The summed E-state index contributed by atoms with van der Waals surface area (Å²) >= 11 is 0. The molecule has 0 radical (unpaired) electrons.